The van der Waals surface area contributed by atoms with Crippen LogP contribution in [0.2, 0.25) is 0 Å². The van der Waals surface area contributed by atoms with Gasteiger partial charge in [-0.1, -0.05) is 36.9 Å². The smallest absolute Gasteiger partial charge is 0.269 e. The molecular weight excluding hydrogens is 454 g/mol. The molecule has 0 atom stereocenters. The Morgan fingerprint density at radius 3 is 2.38 bits per heavy atom. The zero-order chi connectivity index (χ0) is 24.3. The number of rotatable bonds is 9. The number of hydrogen-bond acceptors (Lipinski definition) is 5. The number of nitro benzene ring substituents is 1. The minimum Gasteiger partial charge on any atom is -0.497 e. The molecule has 9 heteroatoms. The fraction of sp³-hybridized carbons (Fsp3) is 0.120. The van der Waals surface area contributed by atoms with Crippen molar-refractivity contribution in [2.75, 3.05) is 13.7 Å². The SMILES string of the molecule is C=C(c1ccc(OC)cc1)c1[nH]c2ccccc2c1CCNS(=O)(=O)c1ccc([N+](=O)[O-])cc1. The van der Waals surface area contributed by atoms with E-state index in [1.165, 1.54) is 24.3 Å². The van der Waals surface area contributed by atoms with Crippen LogP contribution in [-0.2, 0) is 16.4 Å². The van der Waals surface area contributed by atoms with Gasteiger partial charge in [0.1, 0.15) is 5.75 Å². The number of methoxy groups -OCH3 is 1. The summed E-state index contributed by atoms with van der Waals surface area (Å²) < 4.78 is 33.2. The number of non-ortho nitro benzene ring substituents is 1. The largest absolute Gasteiger partial charge is 0.497 e. The van der Waals surface area contributed by atoms with Gasteiger partial charge in [-0.2, -0.15) is 0 Å². The number of H-pyrrole nitrogens is 1. The van der Waals surface area contributed by atoms with Gasteiger partial charge in [0, 0.05) is 35.3 Å². The first-order valence-electron chi connectivity index (χ1n) is 10.5. The Hall–Kier alpha value is -3.95. The van der Waals surface area contributed by atoms with E-state index in [1.54, 1.807) is 7.11 Å². The highest BCUT2D eigenvalue weighted by Gasteiger charge is 2.18. The van der Waals surface area contributed by atoms with Crippen molar-refractivity contribution in [2.45, 2.75) is 11.3 Å². The van der Waals surface area contributed by atoms with Gasteiger partial charge in [-0.15, -0.1) is 0 Å². The van der Waals surface area contributed by atoms with Crippen molar-refractivity contribution in [3.63, 3.8) is 0 Å². The lowest BCUT2D eigenvalue weighted by Crippen LogP contribution is -2.26. The second kappa shape index (κ2) is 9.50. The number of nitrogens with one attached hydrogen (secondary N) is 2. The van der Waals surface area contributed by atoms with Gasteiger partial charge in [0.15, 0.2) is 0 Å². The third-order valence-electron chi connectivity index (χ3n) is 5.58. The number of hydrogen-bond donors (Lipinski definition) is 2. The number of aromatic nitrogens is 1. The molecule has 0 spiro atoms. The molecular formula is C25H23N3O5S. The topological polar surface area (TPSA) is 114 Å². The molecule has 8 nitrogen and oxygen atoms in total. The average molecular weight is 478 g/mol. The molecule has 0 aliphatic rings. The Labute approximate surface area is 197 Å². The lowest BCUT2D eigenvalue weighted by molar-refractivity contribution is -0.384. The van der Waals surface area contributed by atoms with Crippen LogP contribution in [0.1, 0.15) is 16.8 Å². The molecule has 174 valence electrons. The summed E-state index contributed by atoms with van der Waals surface area (Å²) in [7, 11) is -2.21. The quantitative estimate of drug-likeness (QED) is 0.269. The number of nitrogens with zero attached hydrogens (tertiary/aromatic N) is 1. The monoisotopic (exact) mass is 477 g/mol. The average Bonchev–Trinajstić information content (AvgIpc) is 3.22. The fourth-order valence-corrected chi connectivity index (χ4v) is 4.83. The zero-order valence-corrected chi connectivity index (χ0v) is 19.3. The summed E-state index contributed by atoms with van der Waals surface area (Å²) >= 11 is 0. The second-order valence-electron chi connectivity index (χ2n) is 7.63. The first-order valence-corrected chi connectivity index (χ1v) is 12.0. The molecule has 1 heterocycles. The van der Waals surface area contributed by atoms with Crippen LogP contribution in [0.5, 0.6) is 5.75 Å². The van der Waals surface area contributed by atoms with Crippen molar-refractivity contribution in [2.24, 2.45) is 0 Å². The van der Waals surface area contributed by atoms with Crippen LogP contribution in [-0.4, -0.2) is 32.0 Å². The predicted molar refractivity (Wildman–Crippen MR) is 131 cm³/mol. The van der Waals surface area contributed by atoms with E-state index in [1.807, 2.05) is 48.5 Å². The summed E-state index contributed by atoms with van der Waals surface area (Å²) in [5.74, 6) is 0.745. The Morgan fingerprint density at radius 2 is 1.74 bits per heavy atom. The van der Waals surface area contributed by atoms with Gasteiger partial charge in [0.25, 0.3) is 5.69 Å². The number of para-hydroxylation sites is 1. The van der Waals surface area contributed by atoms with Crippen LogP contribution in [0.25, 0.3) is 16.5 Å². The Morgan fingerprint density at radius 1 is 1.06 bits per heavy atom. The molecule has 0 fully saturated rings. The number of fused-ring (bicyclic) bond motifs is 1. The Kier molecular flexibility index (Phi) is 6.49. The number of aromatic amines is 1. The Balaban J connectivity index is 1.57. The van der Waals surface area contributed by atoms with E-state index in [9.17, 15) is 18.5 Å². The molecule has 1 aromatic heterocycles. The molecule has 4 rings (SSSR count). The standard InChI is InChI=1S/C25H23N3O5S/c1-17(18-7-11-20(33-2)12-8-18)25-23(22-5-3-4-6-24(22)27-25)15-16-26-34(31,32)21-13-9-19(10-14-21)28(29)30/h3-14,26-27H,1,15-16H2,2H3. The molecule has 4 aromatic rings. The summed E-state index contributed by atoms with van der Waals surface area (Å²) in [4.78, 5) is 13.6. The molecule has 0 amide bonds. The van der Waals surface area contributed by atoms with Gasteiger partial charge in [-0.3, -0.25) is 10.1 Å². The maximum atomic E-state index is 12.7. The molecule has 0 radical (unpaired) electrons. The van der Waals surface area contributed by atoms with E-state index in [0.29, 0.717) is 6.42 Å². The Bertz CT molecular complexity index is 1460. The normalized spacial score (nSPS) is 11.4. The van der Waals surface area contributed by atoms with E-state index in [2.05, 4.69) is 16.3 Å². The van der Waals surface area contributed by atoms with Crippen molar-refractivity contribution >= 4 is 32.2 Å². The highest BCUT2D eigenvalue weighted by Crippen LogP contribution is 2.31. The number of ether oxygens (including phenoxy) is 1. The van der Waals surface area contributed by atoms with Gasteiger partial charge < -0.3 is 9.72 Å². The van der Waals surface area contributed by atoms with Gasteiger partial charge in [0.05, 0.1) is 16.9 Å². The summed E-state index contributed by atoms with van der Waals surface area (Å²) in [6, 6.07) is 20.2. The van der Waals surface area contributed by atoms with Gasteiger partial charge in [-0.25, -0.2) is 13.1 Å². The van der Waals surface area contributed by atoms with Gasteiger partial charge in [-0.05, 0) is 53.5 Å². The molecule has 34 heavy (non-hydrogen) atoms. The minimum absolute atomic E-state index is 0.0279. The summed E-state index contributed by atoms with van der Waals surface area (Å²) in [6.07, 6.45) is 0.417. The molecule has 0 aliphatic carbocycles. The lowest BCUT2D eigenvalue weighted by Gasteiger charge is -2.11. The molecule has 0 bridgehead atoms. The molecule has 0 aliphatic heterocycles. The van der Waals surface area contributed by atoms with Crippen molar-refractivity contribution in [3.8, 4) is 5.75 Å². The van der Waals surface area contributed by atoms with Crippen LogP contribution in [0, 0.1) is 10.1 Å². The van der Waals surface area contributed by atoms with Crippen LogP contribution < -0.4 is 9.46 Å². The molecule has 0 saturated carbocycles. The van der Waals surface area contributed by atoms with Crippen LogP contribution >= 0.6 is 0 Å². The molecule has 0 saturated heterocycles. The lowest BCUT2D eigenvalue weighted by atomic mass is 9.98. The third kappa shape index (κ3) is 4.70. The van der Waals surface area contributed by atoms with E-state index >= 15 is 0 Å². The molecule has 0 unspecified atom stereocenters. The maximum Gasteiger partial charge on any atom is 0.269 e. The second-order valence-corrected chi connectivity index (χ2v) is 9.40. The molecule has 2 N–H and O–H groups in total. The first-order chi connectivity index (χ1) is 16.3. The van der Waals surface area contributed by atoms with Gasteiger partial charge >= 0.3 is 0 Å². The van der Waals surface area contributed by atoms with Crippen molar-refractivity contribution in [1.29, 1.82) is 0 Å². The first kappa shape index (κ1) is 23.2. The number of sulfonamides is 1. The minimum atomic E-state index is -3.82. The number of benzene rings is 3. The third-order valence-corrected chi connectivity index (χ3v) is 7.06. The highest BCUT2D eigenvalue weighted by molar-refractivity contribution is 7.89. The van der Waals surface area contributed by atoms with Gasteiger partial charge in [0.2, 0.25) is 10.0 Å². The highest BCUT2D eigenvalue weighted by atomic mass is 32.2. The van der Waals surface area contributed by atoms with E-state index in [0.717, 1.165) is 39.0 Å². The predicted octanol–water partition coefficient (Wildman–Crippen LogP) is 4.67. The fourth-order valence-electron chi connectivity index (χ4n) is 3.79. The van der Waals surface area contributed by atoms with Crippen molar-refractivity contribution < 1.29 is 18.1 Å². The van der Waals surface area contributed by atoms with E-state index in [-0.39, 0.29) is 17.1 Å². The van der Waals surface area contributed by atoms with E-state index < -0.39 is 14.9 Å². The maximum absolute atomic E-state index is 12.7. The van der Waals surface area contributed by atoms with Crippen LogP contribution in [0.4, 0.5) is 5.69 Å². The number of nitro groups is 1. The summed E-state index contributed by atoms with van der Waals surface area (Å²) in [5, 5.41) is 11.8. The molecule has 3 aromatic carbocycles. The van der Waals surface area contributed by atoms with Crippen LogP contribution in [0.15, 0.2) is 84.3 Å². The zero-order valence-electron chi connectivity index (χ0n) is 18.4. The summed E-state index contributed by atoms with van der Waals surface area (Å²) in [6.45, 7) is 4.41. The van der Waals surface area contributed by atoms with E-state index in [4.69, 9.17) is 4.74 Å². The van der Waals surface area contributed by atoms with Crippen molar-refractivity contribution in [1.82, 2.24) is 9.71 Å². The summed E-state index contributed by atoms with van der Waals surface area (Å²) in [5.41, 5.74) is 4.25. The van der Waals surface area contributed by atoms with Crippen molar-refractivity contribution in [3.05, 3.63) is 106 Å². The van der Waals surface area contributed by atoms with Crippen LogP contribution in [0.3, 0.4) is 0 Å².